The molecule has 0 rings (SSSR count). The lowest BCUT2D eigenvalue weighted by molar-refractivity contribution is -0.143. The first-order valence-electron chi connectivity index (χ1n) is 8.45. The third kappa shape index (κ3) is 8.17. The summed E-state index contributed by atoms with van der Waals surface area (Å²) in [4.78, 5) is 0. The van der Waals surface area contributed by atoms with Gasteiger partial charge in [-0.05, 0) is 12.8 Å². The lowest BCUT2D eigenvalue weighted by atomic mass is 9.74. The Morgan fingerprint density at radius 3 is 1.33 bits per heavy atom. The van der Waals surface area contributed by atoms with Crippen LogP contribution in [0.2, 0.25) is 39.3 Å². The largest absolute Gasteiger partial charge is 0.386 e. The van der Waals surface area contributed by atoms with Gasteiger partial charge < -0.3 is 10.2 Å². The van der Waals surface area contributed by atoms with E-state index in [-0.39, 0.29) is 25.7 Å². The van der Waals surface area contributed by atoms with Crippen LogP contribution in [0.15, 0.2) is 25.3 Å². The van der Waals surface area contributed by atoms with E-state index in [9.17, 15) is 10.2 Å². The van der Waals surface area contributed by atoms with Crippen molar-refractivity contribution in [2.75, 3.05) is 0 Å². The molecule has 0 spiro atoms. The SMILES string of the molecule is C=CCC(O)(CC=C)C(O)(CC#C[Si](C)(C)C)CC#C[Si](C)(C)C. The molecular weight excluding hydrogens is 328 g/mol. The van der Waals surface area contributed by atoms with E-state index in [2.05, 4.69) is 75.4 Å². The Morgan fingerprint density at radius 1 is 0.750 bits per heavy atom. The van der Waals surface area contributed by atoms with E-state index in [4.69, 9.17) is 0 Å². The van der Waals surface area contributed by atoms with Crippen LogP contribution in [0.5, 0.6) is 0 Å². The van der Waals surface area contributed by atoms with Gasteiger partial charge in [-0.1, -0.05) is 51.4 Å². The number of aliphatic hydroxyl groups is 2. The van der Waals surface area contributed by atoms with Crippen molar-refractivity contribution in [1.82, 2.24) is 0 Å². The third-order valence-electron chi connectivity index (χ3n) is 3.52. The van der Waals surface area contributed by atoms with Gasteiger partial charge in [0.2, 0.25) is 0 Å². The summed E-state index contributed by atoms with van der Waals surface area (Å²) in [6.45, 7) is 20.4. The molecule has 24 heavy (non-hydrogen) atoms. The van der Waals surface area contributed by atoms with Crippen LogP contribution in [-0.4, -0.2) is 37.6 Å². The maximum Gasteiger partial charge on any atom is 0.129 e. The predicted octanol–water partition coefficient (Wildman–Crippen LogP) is 4.14. The fourth-order valence-corrected chi connectivity index (χ4v) is 3.48. The molecule has 0 heterocycles. The highest BCUT2D eigenvalue weighted by molar-refractivity contribution is 6.84. The van der Waals surface area contributed by atoms with Crippen LogP contribution >= 0.6 is 0 Å². The molecule has 0 aliphatic rings. The highest BCUT2D eigenvalue weighted by Crippen LogP contribution is 2.35. The predicted molar refractivity (Wildman–Crippen MR) is 111 cm³/mol. The van der Waals surface area contributed by atoms with Crippen LogP contribution in [0.4, 0.5) is 0 Å². The van der Waals surface area contributed by atoms with E-state index in [1.807, 2.05) is 0 Å². The van der Waals surface area contributed by atoms with Crippen molar-refractivity contribution in [2.24, 2.45) is 0 Å². The molecule has 0 bridgehead atoms. The van der Waals surface area contributed by atoms with Gasteiger partial charge in [0.15, 0.2) is 0 Å². The Balaban J connectivity index is 5.75. The number of hydrogen-bond acceptors (Lipinski definition) is 2. The first-order chi connectivity index (χ1) is 10.8. The van der Waals surface area contributed by atoms with Crippen LogP contribution in [0.3, 0.4) is 0 Å². The summed E-state index contributed by atoms with van der Waals surface area (Å²) in [5.74, 6) is 6.23. The second kappa shape index (κ2) is 8.88. The Bertz CT molecular complexity index is 513. The molecular formula is C20H34O2Si2. The number of rotatable bonds is 7. The van der Waals surface area contributed by atoms with Crippen LogP contribution in [0.1, 0.15) is 25.7 Å². The molecule has 0 saturated carbocycles. The third-order valence-corrected chi connectivity index (χ3v) is 5.37. The highest BCUT2D eigenvalue weighted by Gasteiger charge is 2.46. The minimum Gasteiger partial charge on any atom is -0.386 e. The van der Waals surface area contributed by atoms with Crippen molar-refractivity contribution < 1.29 is 10.2 Å². The van der Waals surface area contributed by atoms with E-state index in [0.717, 1.165) is 0 Å². The molecule has 0 fully saturated rings. The van der Waals surface area contributed by atoms with Gasteiger partial charge in [0.25, 0.3) is 0 Å². The van der Waals surface area contributed by atoms with Gasteiger partial charge in [-0.3, -0.25) is 0 Å². The van der Waals surface area contributed by atoms with Crippen molar-refractivity contribution >= 4 is 16.1 Å². The topological polar surface area (TPSA) is 40.5 Å². The van der Waals surface area contributed by atoms with E-state index in [1.165, 1.54) is 0 Å². The average Bonchev–Trinajstić information content (AvgIpc) is 2.35. The van der Waals surface area contributed by atoms with E-state index < -0.39 is 27.3 Å². The second-order valence-electron chi connectivity index (χ2n) is 8.51. The molecule has 2 N–H and O–H groups in total. The zero-order valence-electron chi connectivity index (χ0n) is 16.3. The van der Waals surface area contributed by atoms with Crippen LogP contribution in [0, 0.1) is 22.9 Å². The molecule has 4 heteroatoms. The zero-order valence-corrected chi connectivity index (χ0v) is 18.3. The second-order valence-corrected chi connectivity index (χ2v) is 18.0. The maximum absolute atomic E-state index is 11.3. The minimum absolute atomic E-state index is 0.204. The van der Waals surface area contributed by atoms with Gasteiger partial charge in [-0.2, -0.15) is 0 Å². The Labute approximate surface area is 151 Å². The van der Waals surface area contributed by atoms with Gasteiger partial charge in [0.1, 0.15) is 27.3 Å². The van der Waals surface area contributed by atoms with Gasteiger partial charge in [-0.25, -0.2) is 0 Å². The van der Waals surface area contributed by atoms with Crippen molar-refractivity contribution in [3.05, 3.63) is 25.3 Å². The van der Waals surface area contributed by atoms with Crippen molar-refractivity contribution in [3.63, 3.8) is 0 Å². The molecule has 0 saturated heterocycles. The summed E-state index contributed by atoms with van der Waals surface area (Å²) in [5, 5.41) is 22.4. The molecule has 0 aromatic rings. The summed E-state index contributed by atoms with van der Waals surface area (Å²) in [5.41, 5.74) is 3.79. The average molecular weight is 363 g/mol. The molecule has 0 amide bonds. The van der Waals surface area contributed by atoms with Gasteiger partial charge >= 0.3 is 0 Å². The summed E-state index contributed by atoms with van der Waals surface area (Å²) in [6, 6.07) is 0. The standard InChI is InChI=1S/C20H34O2Si2/c1-9-13-19(21,14-10-2)20(22,15-11-17-23(3,4)5)16-12-18-24(6,7)8/h9-10,21-22H,1-2,13-16H2,3-8H3. The molecule has 0 aliphatic heterocycles. The van der Waals surface area contributed by atoms with E-state index >= 15 is 0 Å². The Hall–Kier alpha value is -1.05. The van der Waals surface area contributed by atoms with Crippen molar-refractivity contribution in [1.29, 1.82) is 0 Å². The molecule has 0 aromatic carbocycles. The normalized spacial score (nSPS) is 12.5. The van der Waals surface area contributed by atoms with Crippen molar-refractivity contribution in [3.8, 4) is 22.9 Å². The summed E-state index contributed by atoms with van der Waals surface area (Å²) >= 11 is 0. The highest BCUT2D eigenvalue weighted by atomic mass is 28.3. The molecule has 0 aliphatic carbocycles. The minimum atomic E-state index is -1.54. The quantitative estimate of drug-likeness (QED) is 0.406. The first kappa shape index (κ1) is 23.0. The molecule has 0 radical (unpaired) electrons. The van der Waals surface area contributed by atoms with Crippen LogP contribution in [0.25, 0.3) is 0 Å². The maximum atomic E-state index is 11.3. The smallest absolute Gasteiger partial charge is 0.129 e. The lowest BCUT2D eigenvalue weighted by Gasteiger charge is -2.41. The number of hydrogen-bond donors (Lipinski definition) is 2. The fourth-order valence-electron chi connectivity index (χ4n) is 2.24. The fraction of sp³-hybridized carbons (Fsp3) is 0.600. The van der Waals surface area contributed by atoms with E-state index in [0.29, 0.717) is 0 Å². The van der Waals surface area contributed by atoms with Crippen LogP contribution < -0.4 is 0 Å². The Kier molecular flexibility index (Phi) is 8.49. The summed E-state index contributed by atoms with van der Waals surface area (Å²) in [6.07, 6.45) is 4.22. The van der Waals surface area contributed by atoms with Gasteiger partial charge in [0, 0.05) is 12.8 Å². The molecule has 0 unspecified atom stereocenters. The Morgan fingerprint density at radius 2 is 1.08 bits per heavy atom. The molecule has 134 valence electrons. The zero-order chi connectivity index (χ0) is 19.1. The molecule has 2 nitrogen and oxygen atoms in total. The van der Waals surface area contributed by atoms with Gasteiger partial charge in [-0.15, -0.1) is 36.1 Å². The van der Waals surface area contributed by atoms with Crippen LogP contribution in [-0.2, 0) is 0 Å². The summed E-state index contributed by atoms with van der Waals surface area (Å²) in [7, 11) is -3.08. The monoisotopic (exact) mass is 362 g/mol. The first-order valence-corrected chi connectivity index (χ1v) is 15.5. The van der Waals surface area contributed by atoms with Crippen molar-refractivity contribution in [2.45, 2.75) is 76.2 Å². The van der Waals surface area contributed by atoms with E-state index in [1.54, 1.807) is 12.2 Å². The summed E-state index contributed by atoms with van der Waals surface area (Å²) < 4.78 is 0. The molecule has 0 aromatic heterocycles. The van der Waals surface area contributed by atoms with Gasteiger partial charge in [0.05, 0.1) is 0 Å². The molecule has 0 atom stereocenters. The lowest BCUT2D eigenvalue weighted by Crippen LogP contribution is -2.53.